The average molecular weight is 462 g/mol. The maximum atomic E-state index is 13.8. The van der Waals surface area contributed by atoms with Crippen LogP contribution in [0.5, 0.6) is 5.75 Å². The predicted octanol–water partition coefficient (Wildman–Crippen LogP) is 4.77. The fourth-order valence-corrected chi connectivity index (χ4v) is 4.82. The van der Waals surface area contributed by atoms with Crippen molar-refractivity contribution in [3.05, 3.63) is 65.7 Å². The lowest BCUT2D eigenvalue weighted by Crippen LogP contribution is -2.37. The quantitative estimate of drug-likeness (QED) is 0.481. The van der Waals surface area contributed by atoms with Gasteiger partial charge < -0.3 is 23.8 Å². The molecule has 2 aliphatic rings. The second-order valence-electron chi connectivity index (χ2n) is 8.93. The minimum absolute atomic E-state index is 0.0322. The van der Waals surface area contributed by atoms with Crippen LogP contribution in [0.4, 0.5) is 5.88 Å². The van der Waals surface area contributed by atoms with E-state index in [1.807, 2.05) is 53.4 Å². The number of hydrogen-bond acceptors (Lipinski definition) is 6. The summed E-state index contributed by atoms with van der Waals surface area (Å²) in [4.78, 5) is 17.9. The first-order valence-corrected chi connectivity index (χ1v) is 12.1. The molecule has 5 rings (SSSR count). The maximum Gasteiger partial charge on any atom is 0.254 e. The van der Waals surface area contributed by atoms with Crippen molar-refractivity contribution in [2.45, 2.75) is 38.3 Å². The van der Waals surface area contributed by atoms with Crippen molar-refractivity contribution < 1.29 is 18.8 Å². The molecule has 3 aromatic rings. The van der Waals surface area contributed by atoms with Gasteiger partial charge in [0.15, 0.2) is 0 Å². The van der Waals surface area contributed by atoms with E-state index in [9.17, 15) is 4.79 Å². The highest BCUT2D eigenvalue weighted by Gasteiger charge is 2.30. The Morgan fingerprint density at radius 1 is 1.12 bits per heavy atom. The predicted molar refractivity (Wildman–Crippen MR) is 130 cm³/mol. The van der Waals surface area contributed by atoms with Gasteiger partial charge in [-0.2, -0.15) is 0 Å². The Bertz CT molecular complexity index is 1100. The lowest BCUT2D eigenvalue weighted by atomic mass is 10.1. The number of ether oxygens (including phenoxy) is 2. The average Bonchev–Trinajstić information content (AvgIpc) is 3.66. The number of rotatable bonds is 8. The summed E-state index contributed by atoms with van der Waals surface area (Å²) in [5.41, 5.74) is 3.32. The summed E-state index contributed by atoms with van der Waals surface area (Å²) in [6.07, 6.45) is 4.26. The molecule has 178 valence electrons. The highest BCUT2D eigenvalue weighted by Crippen LogP contribution is 2.34. The third-order valence-corrected chi connectivity index (χ3v) is 6.61. The van der Waals surface area contributed by atoms with Crippen molar-refractivity contribution in [3.8, 4) is 17.0 Å². The second-order valence-corrected chi connectivity index (χ2v) is 8.93. The monoisotopic (exact) mass is 461 g/mol. The number of methoxy groups -OCH3 is 1. The van der Waals surface area contributed by atoms with E-state index in [0.29, 0.717) is 24.4 Å². The Morgan fingerprint density at radius 2 is 1.94 bits per heavy atom. The molecule has 34 heavy (non-hydrogen) atoms. The Morgan fingerprint density at radius 3 is 2.68 bits per heavy atom. The molecule has 1 aromatic heterocycles. The summed E-state index contributed by atoms with van der Waals surface area (Å²) in [6, 6.07) is 17.4. The van der Waals surface area contributed by atoms with Crippen LogP contribution >= 0.6 is 0 Å². The molecule has 0 bridgehead atoms. The summed E-state index contributed by atoms with van der Waals surface area (Å²) in [7, 11) is 1.61. The molecule has 0 spiro atoms. The number of carbonyl (C=O) groups excluding carboxylic acids is 1. The molecular formula is C27H31N3O4. The lowest BCUT2D eigenvalue weighted by molar-refractivity contribution is 0.0507. The molecule has 2 aliphatic heterocycles. The number of nitrogens with zero attached hydrogens (tertiary/aromatic N) is 3. The second kappa shape index (κ2) is 10.3. The summed E-state index contributed by atoms with van der Waals surface area (Å²) in [5.74, 6) is 1.38. The van der Waals surface area contributed by atoms with E-state index in [2.05, 4.69) is 10.1 Å². The highest BCUT2D eigenvalue weighted by molar-refractivity contribution is 5.94. The van der Waals surface area contributed by atoms with Crippen LogP contribution in [0.2, 0.25) is 0 Å². The van der Waals surface area contributed by atoms with E-state index in [4.69, 9.17) is 14.0 Å². The van der Waals surface area contributed by atoms with E-state index in [1.165, 1.54) is 0 Å². The zero-order valence-electron chi connectivity index (χ0n) is 19.6. The number of benzene rings is 2. The molecular weight excluding hydrogens is 430 g/mol. The first-order chi connectivity index (χ1) is 16.7. The first-order valence-electron chi connectivity index (χ1n) is 12.1. The van der Waals surface area contributed by atoms with E-state index < -0.39 is 0 Å². The van der Waals surface area contributed by atoms with Crippen LogP contribution < -0.4 is 9.64 Å². The molecule has 7 nitrogen and oxygen atoms in total. The zero-order chi connectivity index (χ0) is 23.3. The van der Waals surface area contributed by atoms with Gasteiger partial charge >= 0.3 is 0 Å². The normalized spacial score (nSPS) is 17.8. The topological polar surface area (TPSA) is 68.0 Å². The van der Waals surface area contributed by atoms with Crippen LogP contribution in [0.1, 0.15) is 41.6 Å². The van der Waals surface area contributed by atoms with Gasteiger partial charge in [0.25, 0.3) is 5.91 Å². The first kappa shape index (κ1) is 22.5. The Hall–Kier alpha value is -3.32. The Balaban J connectivity index is 1.51. The van der Waals surface area contributed by atoms with Crippen LogP contribution in [-0.2, 0) is 11.3 Å². The molecule has 0 unspecified atom stereocenters. The number of carbonyl (C=O) groups is 1. The maximum absolute atomic E-state index is 13.8. The van der Waals surface area contributed by atoms with Gasteiger partial charge in [0, 0.05) is 37.4 Å². The number of anilines is 1. The van der Waals surface area contributed by atoms with Crippen molar-refractivity contribution in [1.82, 2.24) is 10.1 Å². The van der Waals surface area contributed by atoms with Gasteiger partial charge in [-0.05, 0) is 43.9 Å². The minimum atomic E-state index is -0.0537. The molecule has 2 aromatic carbocycles. The third kappa shape index (κ3) is 4.80. The van der Waals surface area contributed by atoms with Crippen molar-refractivity contribution in [2.24, 2.45) is 0 Å². The SMILES string of the molecule is COc1cccc(C(=O)N(Cc2c(-c3ccccc3)noc2N2CCCC2)C[C@H]2CCCO2)c1. The van der Waals surface area contributed by atoms with Crippen LogP contribution in [0.15, 0.2) is 59.1 Å². The van der Waals surface area contributed by atoms with E-state index in [0.717, 1.165) is 68.1 Å². The minimum Gasteiger partial charge on any atom is -0.497 e. The van der Waals surface area contributed by atoms with Gasteiger partial charge in [0.1, 0.15) is 11.4 Å². The van der Waals surface area contributed by atoms with Gasteiger partial charge in [-0.3, -0.25) is 4.79 Å². The molecule has 0 N–H and O–H groups in total. The third-order valence-electron chi connectivity index (χ3n) is 6.61. The summed E-state index contributed by atoms with van der Waals surface area (Å²) in [6.45, 7) is 3.54. The van der Waals surface area contributed by atoms with Crippen LogP contribution in [0.25, 0.3) is 11.3 Å². The Labute approximate surface area is 200 Å². The molecule has 3 heterocycles. The van der Waals surface area contributed by atoms with Crippen LogP contribution in [0, 0.1) is 0 Å². The Kier molecular flexibility index (Phi) is 6.81. The summed E-state index contributed by atoms with van der Waals surface area (Å²) in [5, 5.41) is 4.47. The van der Waals surface area contributed by atoms with Crippen molar-refractivity contribution in [3.63, 3.8) is 0 Å². The molecule has 0 aliphatic carbocycles. The van der Waals surface area contributed by atoms with Crippen molar-refractivity contribution in [1.29, 1.82) is 0 Å². The van der Waals surface area contributed by atoms with Gasteiger partial charge in [-0.25, -0.2) is 0 Å². The van der Waals surface area contributed by atoms with E-state index in [1.54, 1.807) is 13.2 Å². The van der Waals surface area contributed by atoms with Gasteiger partial charge in [0.2, 0.25) is 5.88 Å². The van der Waals surface area contributed by atoms with Gasteiger partial charge in [-0.15, -0.1) is 0 Å². The molecule has 0 radical (unpaired) electrons. The number of aromatic nitrogens is 1. The molecule has 0 saturated carbocycles. The van der Waals surface area contributed by atoms with E-state index >= 15 is 0 Å². The van der Waals surface area contributed by atoms with Crippen molar-refractivity contribution >= 4 is 11.8 Å². The fraction of sp³-hybridized carbons (Fsp3) is 0.407. The van der Waals surface area contributed by atoms with Gasteiger partial charge in [0.05, 0.1) is 25.3 Å². The molecule has 1 atom stereocenters. The molecule has 7 heteroatoms. The lowest BCUT2D eigenvalue weighted by Gasteiger charge is -2.27. The van der Waals surface area contributed by atoms with Crippen LogP contribution in [0.3, 0.4) is 0 Å². The number of amides is 1. The largest absolute Gasteiger partial charge is 0.497 e. The standard InChI is InChI=1S/C27H31N3O4/c1-32-22-12-7-11-21(17-22)26(31)30(18-23-13-8-16-33-23)19-24-25(20-9-3-2-4-10-20)28-34-27(24)29-14-5-6-15-29/h2-4,7,9-12,17,23H,5-6,8,13-16,18-19H2,1H3/t23-/m1/s1. The molecule has 2 saturated heterocycles. The summed E-state index contributed by atoms with van der Waals surface area (Å²) >= 11 is 0. The van der Waals surface area contributed by atoms with Gasteiger partial charge in [-0.1, -0.05) is 41.6 Å². The van der Waals surface area contributed by atoms with E-state index in [-0.39, 0.29) is 12.0 Å². The zero-order valence-corrected chi connectivity index (χ0v) is 19.6. The molecule has 1 amide bonds. The number of hydrogen-bond donors (Lipinski definition) is 0. The smallest absolute Gasteiger partial charge is 0.254 e. The fourth-order valence-electron chi connectivity index (χ4n) is 4.82. The van der Waals surface area contributed by atoms with Crippen LogP contribution in [-0.4, -0.2) is 55.4 Å². The highest BCUT2D eigenvalue weighted by atomic mass is 16.5. The molecule has 2 fully saturated rings. The van der Waals surface area contributed by atoms with Crippen molar-refractivity contribution in [2.75, 3.05) is 38.3 Å². The summed E-state index contributed by atoms with van der Waals surface area (Å²) < 4.78 is 17.2.